The largest absolute Gasteiger partial charge is 0.481 e. The molecule has 7 heteroatoms. The molecule has 0 aromatic carbocycles. The van der Waals surface area contributed by atoms with Gasteiger partial charge in [-0.3, -0.25) is 4.79 Å². The SMILES string of the molecule is CC(CCC(=O)O)NC(=O)N(C)Cc1ccc(Cl)s1. The average Bonchev–Trinajstić information content (AvgIpc) is 2.72. The van der Waals surface area contributed by atoms with Crippen molar-refractivity contribution >= 4 is 34.9 Å². The molecule has 0 saturated heterocycles. The van der Waals surface area contributed by atoms with E-state index in [1.165, 1.54) is 11.3 Å². The Bertz CT molecular complexity index is 450. The van der Waals surface area contributed by atoms with Crippen LogP contribution in [0.1, 0.15) is 24.6 Å². The standard InChI is InChI=1S/C12H17ClN2O3S/c1-8(3-6-11(16)17)14-12(18)15(2)7-9-4-5-10(13)19-9/h4-5,8H,3,6-7H2,1-2H3,(H,14,18)(H,16,17). The number of carbonyl (C=O) groups excluding carboxylic acids is 1. The molecule has 19 heavy (non-hydrogen) atoms. The zero-order chi connectivity index (χ0) is 14.4. The van der Waals surface area contributed by atoms with Crippen molar-refractivity contribution in [1.29, 1.82) is 0 Å². The van der Waals surface area contributed by atoms with Crippen LogP contribution in [0.2, 0.25) is 4.34 Å². The second-order valence-electron chi connectivity index (χ2n) is 4.34. The van der Waals surface area contributed by atoms with E-state index in [-0.39, 0.29) is 18.5 Å². The summed E-state index contributed by atoms with van der Waals surface area (Å²) in [5.74, 6) is -0.859. The van der Waals surface area contributed by atoms with Crippen LogP contribution in [0.3, 0.4) is 0 Å². The highest BCUT2D eigenvalue weighted by Crippen LogP contribution is 2.22. The first-order valence-corrected chi connectivity index (χ1v) is 7.05. The lowest BCUT2D eigenvalue weighted by Gasteiger charge is -2.20. The third-order valence-corrected chi connectivity index (χ3v) is 3.75. The fourth-order valence-electron chi connectivity index (χ4n) is 1.48. The van der Waals surface area contributed by atoms with Gasteiger partial charge in [0.2, 0.25) is 0 Å². The lowest BCUT2D eigenvalue weighted by Crippen LogP contribution is -2.41. The topological polar surface area (TPSA) is 69.6 Å². The molecule has 2 amide bonds. The molecule has 106 valence electrons. The Labute approximate surface area is 121 Å². The van der Waals surface area contributed by atoms with Crippen LogP contribution in [0.5, 0.6) is 0 Å². The van der Waals surface area contributed by atoms with Gasteiger partial charge >= 0.3 is 12.0 Å². The fourth-order valence-corrected chi connectivity index (χ4v) is 2.62. The fraction of sp³-hybridized carbons (Fsp3) is 0.500. The summed E-state index contributed by atoms with van der Waals surface area (Å²) in [6.07, 6.45) is 0.464. The number of carboxylic acids is 1. The molecule has 2 N–H and O–H groups in total. The van der Waals surface area contributed by atoms with Crippen LogP contribution in [0.15, 0.2) is 12.1 Å². The summed E-state index contributed by atoms with van der Waals surface area (Å²) in [6, 6.07) is 3.29. The monoisotopic (exact) mass is 304 g/mol. The number of carboxylic acid groups (broad SMARTS) is 1. The molecule has 1 aromatic rings. The lowest BCUT2D eigenvalue weighted by atomic mass is 10.2. The first-order chi connectivity index (χ1) is 8.88. The van der Waals surface area contributed by atoms with Gasteiger partial charge in [0.15, 0.2) is 0 Å². The number of hydrogen-bond donors (Lipinski definition) is 2. The molecule has 0 aliphatic heterocycles. The van der Waals surface area contributed by atoms with Gasteiger partial charge in [-0.2, -0.15) is 0 Å². The Morgan fingerprint density at radius 2 is 2.21 bits per heavy atom. The van der Waals surface area contributed by atoms with E-state index in [2.05, 4.69) is 5.32 Å². The Balaban J connectivity index is 2.37. The number of amides is 2. The second-order valence-corrected chi connectivity index (χ2v) is 6.14. The molecule has 1 atom stereocenters. The summed E-state index contributed by atoms with van der Waals surface area (Å²) in [4.78, 5) is 24.8. The highest BCUT2D eigenvalue weighted by atomic mass is 35.5. The van der Waals surface area contributed by atoms with Gasteiger partial charge in [-0.05, 0) is 25.5 Å². The molecule has 1 rings (SSSR count). The maximum atomic E-state index is 11.8. The Morgan fingerprint density at radius 3 is 2.74 bits per heavy atom. The number of carbonyl (C=O) groups is 2. The third kappa shape index (κ3) is 5.94. The molecule has 1 unspecified atom stereocenters. The molecule has 0 saturated carbocycles. The number of urea groups is 1. The number of hydrogen-bond acceptors (Lipinski definition) is 3. The van der Waals surface area contributed by atoms with Crippen LogP contribution in [-0.4, -0.2) is 35.1 Å². The number of nitrogens with zero attached hydrogens (tertiary/aromatic N) is 1. The summed E-state index contributed by atoms with van der Waals surface area (Å²) >= 11 is 7.26. The minimum atomic E-state index is -0.859. The lowest BCUT2D eigenvalue weighted by molar-refractivity contribution is -0.137. The summed E-state index contributed by atoms with van der Waals surface area (Å²) < 4.78 is 0.693. The van der Waals surface area contributed by atoms with Crippen LogP contribution < -0.4 is 5.32 Å². The predicted octanol–water partition coefficient (Wildman–Crippen LogP) is 2.80. The highest BCUT2D eigenvalue weighted by molar-refractivity contribution is 7.16. The Morgan fingerprint density at radius 1 is 1.53 bits per heavy atom. The van der Waals surface area contributed by atoms with Crippen molar-refractivity contribution in [2.45, 2.75) is 32.4 Å². The number of rotatable bonds is 6. The number of aliphatic carboxylic acids is 1. The van der Waals surface area contributed by atoms with Crippen molar-refractivity contribution in [1.82, 2.24) is 10.2 Å². The maximum absolute atomic E-state index is 11.8. The van der Waals surface area contributed by atoms with E-state index in [1.807, 2.05) is 6.07 Å². The number of halogens is 1. The van der Waals surface area contributed by atoms with Gasteiger partial charge in [-0.15, -0.1) is 11.3 Å². The molecule has 0 aliphatic rings. The van der Waals surface area contributed by atoms with Gasteiger partial charge in [0, 0.05) is 24.4 Å². The van der Waals surface area contributed by atoms with Gasteiger partial charge in [0.05, 0.1) is 10.9 Å². The van der Waals surface area contributed by atoms with E-state index < -0.39 is 5.97 Å². The molecular formula is C12H17ClN2O3S. The quantitative estimate of drug-likeness (QED) is 0.849. The third-order valence-electron chi connectivity index (χ3n) is 2.53. The normalized spacial score (nSPS) is 11.9. The van der Waals surface area contributed by atoms with Crippen molar-refractivity contribution in [3.05, 3.63) is 21.3 Å². The van der Waals surface area contributed by atoms with E-state index in [0.29, 0.717) is 17.3 Å². The van der Waals surface area contributed by atoms with Crippen LogP contribution in [0, 0.1) is 0 Å². The van der Waals surface area contributed by atoms with Crippen LogP contribution in [0.4, 0.5) is 4.79 Å². The maximum Gasteiger partial charge on any atom is 0.317 e. The molecule has 1 heterocycles. The van der Waals surface area contributed by atoms with Crippen molar-refractivity contribution in [2.24, 2.45) is 0 Å². The molecule has 1 aromatic heterocycles. The van der Waals surface area contributed by atoms with Crippen molar-refractivity contribution < 1.29 is 14.7 Å². The van der Waals surface area contributed by atoms with E-state index >= 15 is 0 Å². The molecule has 0 bridgehead atoms. The average molecular weight is 305 g/mol. The van der Waals surface area contributed by atoms with Crippen LogP contribution in [-0.2, 0) is 11.3 Å². The number of thiophene rings is 1. The zero-order valence-corrected chi connectivity index (χ0v) is 12.4. The second kappa shape index (κ2) is 7.35. The van der Waals surface area contributed by atoms with E-state index in [9.17, 15) is 9.59 Å². The molecule has 5 nitrogen and oxygen atoms in total. The van der Waals surface area contributed by atoms with E-state index in [4.69, 9.17) is 16.7 Å². The van der Waals surface area contributed by atoms with Gasteiger partial charge in [0.1, 0.15) is 0 Å². The van der Waals surface area contributed by atoms with Crippen LogP contribution in [0.25, 0.3) is 0 Å². The summed E-state index contributed by atoms with van der Waals surface area (Å²) in [5.41, 5.74) is 0. The zero-order valence-electron chi connectivity index (χ0n) is 10.9. The minimum Gasteiger partial charge on any atom is -0.481 e. The molecule has 0 fully saturated rings. The number of nitrogens with one attached hydrogen (secondary N) is 1. The van der Waals surface area contributed by atoms with Crippen molar-refractivity contribution in [3.8, 4) is 0 Å². The van der Waals surface area contributed by atoms with Crippen molar-refractivity contribution in [2.75, 3.05) is 7.05 Å². The van der Waals surface area contributed by atoms with Gasteiger partial charge in [-0.1, -0.05) is 11.6 Å². The van der Waals surface area contributed by atoms with Gasteiger partial charge in [0.25, 0.3) is 0 Å². The van der Waals surface area contributed by atoms with Gasteiger partial charge in [-0.25, -0.2) is 4.79 Å². The Hall–Kier alpha value is -1.27. The smallest absolute Gasteiger partial charge is 0.317 e. The summed E-state index contributed by atoms with van der Waals surface area (Å²) in [6.45, 7) is 2.27. The van der Waals surface area contributed by atoms with E-state index in [1.54, 1.807) is 24.9 Å². The van der Waals surface area contributed by atoms with Gasteiger partial charge < -0.3 is 15.3 Å². The summed E-state index contributed by atoms with van der Waals surface area (Å²) in [5, 5.41) is 11.3. The first kappa shape index (κ1) is 15.8. The Kier molecular flexibility index (Phi) is 6.11. The molecular weight excluding hydrogens is 288 g/mol. The minimum absolute atomic E-state index is 0.0473. The van der Waals surface area contributed by atoms with Crippen molar-refractivity contribution in [3.63, 3.8) is 0 Å². The predicted molar refractivity (Wildman–Crippen MR) is 75.7 cm³/mol. The molecule has 0 aliphatic carbocycles. The van der Waals surface area contributed by atoms with Crippen LogP contribution >= 0.6 is 22.9 Å². The summed E-state index contributed by atoms with van der Waals surface area (Å²) in [7, 11) is 1.69. The van der Waals surface area contributed by atoms with E-state index in [0.717, 1.165) is 4.88 Å². The highest BCUT2D eigenvalue weighted by Gasteiger charge is 2.13. The first-order valence-electron chi connectivity index (χ1n) is 5.86. The molecule has 0 spiro atoms. The molecule has 0 radical (unpaired) electrons.